The smallest absolute Gasteiger partial charge is 0.215 e. The SMILES string of the molecule is CCC1=NCCN1CCNS(=O)(=O)C1Cc2ccccc2C1. The van der Waals surface area contributed by atoms with Gasteiger partial charge in [0.2, 0.25) is 10.0 Å². The topological polar surface area (TPSA) is 61.8 Å². The van der Waals surface area contributed by atoms with E-state index in [1.807, 2.05) is 24.3 Å². The normalized spacial score (nSPS) is 18.6. The largest absolute Gasteiger partial charge is 0.357 e. The Kier molecular flexibility index (Phi) is 4.49. The molecule has 0 atom stereocenters. The van der Waals surface area contributed by atoms with Gasteiger partial charge >= 0.3 is 0 Å². The molecule has 1 heterocycles. The summed E-state index contributed by atoms with van der Waals surface area (Å²) in [6.07, 6.45) is 2.15. The summed E-state index contributed by atoms with van der Waals surface area (Å²) in [7, 11) is -3.26. The van der Waals surface area contributed by atoms with Crippen molar-refractivity contribution in [2.75, 3.05) is 26.2 Å². The number of nitrogens with zero attached hydrogens (tertiary/aromatic N) is 2. The zero-order chi connectivity index (χ0) is 15.6. The van der Waals surface area contributed by atoms with E-state index in [-0.39, 0.29) is 5.25 Å². The van der Waals surface area contributed by atoms with Crippen LogP contribution in [0.2, 0.25) is 0 Å². The Morgan fingerprint density at radius 2 is 1.95 bits per heavy atom. The highest BCUT2D eigenvalue weighted by Gasteiger charge is 2.31. The van der Waals surface area contributed by atoms with Crippen molar-refractivity contribution >= 4 is 15.9 Å². The predicted octanol–water partition coefficient (Wildman–Crippen LogP) is 1.20. The van der Waals surface area contributed by atoms with E-state index >= 15 is 0 Å². The summed E-state index contributed by atoms with van der Waals surface area (Å²) in [4.78, 5) is 6.59. The third kappa shape index (κ3) is 3.17. The van der Waals surface area contributed by atoms with Gasteiger partial charge in [0, 0.05) is 26.1 Å². The molecule has 2 aliphatic rings. The van der Waals surface area contributed by atoms with E-state index in [0.29, 0.717) is 25.9 Å². The lowest BCUT2D eigenvalue weighted by atomic mass is 10.1. The number of hydrogen-bond donors (Lipinski definition) is 1. The van der Waals surface area contributed by atoms with Crippen LogP contribution in [0.15, 0.2) is 29.3 Å². The highest BCUT2D eigenvalue weighted by atomic mass is 32.2. The van der Waals surface area contributed by atoms with Crippen molar-refractivity contribution < 1.29 is 8.42 Å². The zero-order valence-electron chi connectivity index (χ0n) is 13.0. The molecular formula is C16H23N3O2S. The first-order valence-corrected chi connectivity index (χ1v) is 9.48. The predicted molar refractivity (Wildman–Crippen MR) is 88.7 cm³/mol. The fourth-order valence-corrected chi connectivity index (χ4v) is 4.69. The van der Waals surface area contributed by atoms with Crippen LogP contribution in [0.1, 0.15) is 24.5 Å². The number of nitrogens with one attached hydrogen (secondary N) is 1. The molecule has 22 heavy (non-hydrogen) atoms. The first-order chi connectivity index (χ1) is 10.6. The molecule has 1 N–H and O–H groups in total. The van der Waals surface area contributed by atoms with Crippen molar-refractivity contribution in [3.63, 3.8) is 0 Å². The molecule has 0 saturated carbocycles. The second kappa shape index (κ2) is 6.38. The molecule has 0 amide bonds. The van der Waals surface area contributed by atoms with Gasteiger partial charge in [0.1, 0.15) is 0 Å². The van der Waals surface area contributed by atoms with Crippen LogP contribution < -0.4 is 4.72 Å². The van der Waals surface area contributed by atoms with Crippen LogP contribution in [0.4, 0.5) is 0 Å². The van der Waals surface area contributed by atoms with Crippen LogP contribution in [0.25, 0.3) is 0 Å². The Labute approximate surface area is 132 Å². The maximum Gasteiger partial charge on any atom is 0.215 e. The highest BCUT2D eigenvalue weighted by Crippen LogP contribution is 2.25. The minimum absolute atomic E-state index is 0.331. The van der Waals surface area contributed by atoms with Crippen molar-refractivity contribution in [1.29, 1.82) is 0 Å². The maximum absolute atomic E-state index is 12.5. The molecule has 0 unspecified atom stereocenters. The van der Waals surface area contributed by atoms with Crippen LogP contribution >= 0.6 is 0 Å². The molecule has 0 spiro atoms. The van der Waals surface area contributed by atoms with E-state index in [1.165, 1.54) is 0 Å². The van der Waals surface area contributed by atoms with Crippen LogP contribution in [0.3, 0.4) is 0 Å². The highest BCUT2D eigenvalue weighted by molar-refractivity contribution is 7.90. The molecule has 0 fully saturated rings. The van der Waals surface area contributed by atoms with Gasteiger partial charge in [-0.2, -0.15) is 0 Å². The molecule has 0 bridgehead atoms. The summed E-state index contributed by atoms with van der Waals surface area (Å²) in [6, 6.07) is 8.00. The maximum atomic E-state index is 12.5. The van der Waals surface area contributed by atoms with Gasteiger partial charge in [0.15, 0.2) is 0 Å². The molecule has 0 radical (unpaired) electrons. The molecule has 1 aliphatic carbocycles. The van der Waals surface area contributed by atoms with Crippen molar-refractivity contribution in [3.8, 4) is 0 Å². The Hall–Kier alpha value is -1.40. The Morgan fingerprint density at radius 3 is 2.59 bits per heavy atom. The molecule has 0 saturated heterocycles. The quantitative estimate of drug-likeness (QED) is 0.856. The lowest BCUT2D eigenvalue weighted by Gasteiger charge is -2.20. The average Bonchev–Trinajstić information content (AvgIpc) is 3.13. The van der Waals surface area contributed by atoms with Crippen LogP contribution in [0.5, 0.6) is 0 Å². The second-order valence-electron chi connectivity index (χ2n) is 5.88. The summed E-state index contributed by atoms with van der Waals surface area (Å²) in [5.41, 5.74) is 2.33. The summed E-state index contributed by atoms with van der Waals surface area (Å²) in [5.74, 6) is 1.09. The number of sulfonamides is 1. The van der Waals surface area contributed by atoms with Crippen LogP contribution in [-0.4, -0.2) is 50.6 Å². The summed E-state index contributed by atoms with van der Waals surface area (Å²) in [6.45, 7) is 4.96. The van der Waals surface area contributed by atoms with Gasteiger partial charge in [-0.15, -0.1) is 0 Å². The molecule has 3 rings (SSSR count). The minimum atomic E-state index is -3.26. The first kappa shape index (κ1) is 15.5. The molecule has 6 heteroatoms. The monoisotopic (exact) mass is 321 g/mol. The standard InChI is InChI=1S/C16H23N3O2S/c1-2-16-17-7-9-19(16)10-8-18-22(20,21)15-11-13-5-3-4-6-14(13)12-15/h3-6,15,18H,2,7-12H2,1H3. The van der Waals surface area contributed by atoms with Gasteiger partial charge in [-0.25, -0.2) is 13.1 Å². The number of rotatable bonds is 6. The van der Waals surface area contributed by atoms with E-state index in [9.17, 15) is 8.42 Å². The van der Waals surface area contributed by atoms with E-state index in [2.05, 4.69) is 21.5 Å². The molecule has 0 aromatic heterocycles. The van der Waals surface area contributed by atoms with Crippen LogP contribution in [-0.2, 0) is 22.9 Å². The third-order valence-corrected chi connectivity index (χ3v) is 6.30. The minimum Gasteiger partial charge on any atom is -0.357 e. The number of benzene rings is 1. The molecular weight excluding hydrogens is 298 g/mol. The molecule has 120 valence electrons. The average molecular weight is 321 g/mol. The Balaban J connectivity index is 1.53. The van der Waals surface area contributed by atoms with Crippen molar-refractivity contribution in [3.05, 3.63) is 35.4 Å². The van der Waals surface area contributed by atoms with E-state index in [0.717, 1.165) is 36.5 Å². The summed E-state index contributed by atoms with van der Waals surface area (Å²) >= 11 is 0. The van der Waals surface area contributed by atoms with E-state index in [1.54, 1.807) is 0 Å². The summed E-state index contributed by atoms with van der Waals surface area (Å²) < 4.78 is 27.7. The lowest BCUT2D eigenvalue weighted by Crippen LogP contribution is -2.40. The third-order valence-electron chi connectivity index (χ3n) is 4.48. The fraction of sp³-hybridized carbons (Fsp3) is 0.562. The lowest BCUT2D eigenvalue weighted by molar-refractivity contribution is 0.450. The molecule has 1 aliphatic heterocycles. The van der Waals surface area contributed by atoms with Gasteiger partial charge in [0.25, 0.3) is 0 Å². The number of fused-ring (bicyclic) bond motifs is 1. The Morgan fingerprint density at radius 1 is 1.27 bits per heavy atom. The van der Waals surface area contributed by atoms with Crippen molar-refractivity contribution in [2.45, 2.75) is 31.4 Å². The number of amidine groups is 1. The van der Waals surface area contributed by atoms with Gasteiger partial charge in [-0.3, -0.25) is 4.99 Å². The van der Waals surface area contributed by atoms with Crippen molar-refractivity contribution in [1.82, 2.24) is 9.62 Å². The van der Waals surface area contributed by atoms with Crippen molar-refractivity contribution in [2.24, 2.45) is 4.99 Å². The van der Waals surface area contributed by atoms with Gasteiger partial charge < -0.3 is 4.90 Å². The summed E-state index contributed by atoms with van der Waals surface area (Å²) in [5, 5.41) is -0.331. The van der Waals surface area contributed by atoms with E-state index in [4.69, 9.17) is 0 Å². The fourth-order valence-electron chi connectivity index (χ4n) is 3.28. The number of hydrogen-bond acceptors (Lipinski definition) is 4. The van der Waals surface area contributed by atoms with Gasteiger partial charge in [0.05, 0.1) is 17.6 Å². The zero-order valence-corrected chi connectivity index (χ0v) is 13.8. The molecule has 5 nitrogen and oxygen atoms in total. The first-order valence-electron chi connectivity index (χ1n) is 7.93. The second-order valence-corrected chi connectivity index (χ2v) is 7.92. The molecule has 1 aromatic carbocycles. The van der Waals surface area contributed by atoms with Crippen LogP contribution in [0, 0.1) is 0 Å². The molecule has 1 aromatic rings. The van der Waals surface area contributed by atoms with E-state index < -0.39 is 10.0 Å². The van der Waals surface area contributed by atoms with Gasteiger partial charge in [-0.05, 0) is 24.0 Å². The number of aliphatic imine (C=N–C) groups is 1. The van der Waals surface area contributed by atoms with Gasteiger partial charge in [-0.1, -0.05) is 31.2 Å². The Bertz CT molecular complexity index is 645.